The van der Waals surface area contributed by atoms with Crippen molar-refractivity contribution < 1.29 is 9.50 Å². The van der Waals surface area contributed by atoms with Gasteiger partial charge in [0.1, 0.15) is 12.4 Å². The standard InChI is InChI=1S/C9H12FNO/c10-6-8(11)5-7-3-1-2-4-9(7)12/h1-4,8,12H,5-6,11H2. The molecule has 1 rings (SSSR count). The highest BCUT2D eigenvalue weighted by Gasteiger charge is 2.05. The molecular formula is C9H12FNO. The molecule has 0 saturated heterocycles. The van der Waals surface area contributed by atoms with Crippen LogP contribution in [0.5, 0.6) is 5.75 Å². The molecule has 0 heterocycles. The van der Waals surface area contributed by atoms with Crippen molar-refractivity contribution in [2.75, 3.05) is 6.67 Å². The summed E-state index contributed by atoms with van der Waals surface area (Å²) in [6.07, 6.45) is 0.378. The second kappa shape index (κ2) is 4.07. The van der Waals surface area contributed by atoms with Gasteiger partial charge in [-0.3, -0.25) is 0 Å². The second-order valence-corrected chi connectivity index (χ2v) is 2.75. The molecule has 1 aromatic rings. The molecule has 0 aliphatic rings. The van der Waals surface area contributed by atoms with Gasteiger partial charge in [-0.05, 0) is 18.1 Å². The molecule has 0 aliphatic heterocycles. The van der Waals surface area contributed by atoms with Crippen molar-refractivity contribution in [3.8, 4) is 5.75 Å². The average Bonchev–Trinajstić information content (AvgIpc) is 2.09. The third-order valence-electron chi connectivity index (χ3n) is 1.67. The summed E-state index contributed by atoms with van der Waals surface area (Å²) in [4.78, 5) is 0. The molecule has 0 fully saturated rings. The molecule has 1 aromatic carbocycles. The quantitative estimate of drug-likeness (QED) is 0.714. The molecule has 3 heteroatoms. The Morgan fingerprint density at radius 1 is 1.42 bits per heavy atom. The topological polar surface area (TPSA) is 46.2 Å². The van der Waals surface area contributed by atoms with Gasteiger partial charge in [0.05, 0.1) is 0 Å². The molecule has 3 N–H and O–H groups in total. The summed E-state index contributed by atoms with van der Waals surface area (Å²) in [7, 11) is 0. The molecule has 2 nitrogen and oxygen atoms in total. The molecule has 0 spiro atoms. The van der Waals surface area contributed by atoms with E-state index in [0.717, 1.165) is 0 Å². The summed E-state index contributed by atoms with van der Waals surface area (Å²) in [5.74, 6) is 0.182. The Morgan fingerprint density at radius 3 is 2.67 bits per heavy atom. The van der Waals surface area contributed by atoms with Gasteiger partial charge in [0.15, 0.2) is 0 Å². The smallest absolute Gasteiger partial charge is 0.118 e. The Labute approximate surface area is 70.8 Å². The van der Waals surface area contributed by atoms with Crippen molar-refractivity contribution in [3.05, 3.63) is 29.8 Å². The number of phenols is 1. The number of alkyl halides is 1. The predicted octanol–water partition coefficient (Wildman–Crippen LogP) is 1.23. The highest BCUT2D eigenvalue weighted by atomic mass is 19.1. The largest absolute Gasteiger partial charge is 0.508 e. The highest BCUT2D eigenvalue weighted by Crippen LogP contribution is 2.16. The molecule has 66 valence electrons. The number of hydrogen-bond acceptors (Lipinski definition) is 2. The molecule has 1 atom stereocenters. The molecule has 0 saturated carbocycles. The number of hydrogen-bond donors (Lipinski definition) is 2. The number of nitrogens with two attached hydrogens (primary N) is 1. The molecular weight excluding hydrogens is 157 g/mol. The normalized spacial score (nSPS) is 12.8. The van der Waals surface area contributed by atoms with Gasteiger partial charge >= 0.3 is 0 Å². The summed E-state index contributed by atoms with van der Waals surface area (Å²) in [6.45, 7) is -0.561. The maximum absolute atomic E-state index is 12.0. The van der Waals surface area contributed by atoms with Crippen LogP contribution in [0.2, 0.25) is 0 Å². The van der Waals surface area contributed by atoms with Crippen LogP contribution in [0.3, 0.4) is 0 Å². The predicted molar refractivity (Wildman–Crippen MR) is 45.8 cm³/mol. The lowest BCUT2D eigenvalue weighted by molar-refractivity contribution is 0.418. The number of benzene rings is 1. The summed E-state index contributed by atoms with van der Waals surface area (Å²) in [6, 6.07) is 6.31. The summed E-state index contributed by atoms with van der Waals surface area (Å²) in [5, 5.41) is 9.28. The van der Waals surface area contributed by atoms with E-state index in [4.69, 9.17) is 5.73 Å². The zero-order chi connectivity index (χ0) is 8.97. The first-order valence-electron chi connectivity index (χ1n) is 3.82. The number of aromatic hydroxyl groups is 1. The Morgan fingerprint density at radius 2 is 2.08 bits per heavy atom. The SMILES string of the molecule is NC(CF)Cc1ccccc1O. The summed E-state index contributed by atoms with van der Waals surface area (Å²) < 4.78 is 12.0. The van der Waals surface area contributed by atoms with Crippen LogP contribution in [0, 0.1) is 0 Å². The van der Waals surface area contributed by atoms with Crippen LogP contribution in [0.4, 0.5) is 4.39 Å². The minimum atomic E-state index is -0.561. The van der Waals surface area contributed by atoms with E-state index in [2.05, 4.69) is 0 Å². The number of halogens is 1. The fourth-order valence-corrected chi connectivity index (χ4v) is 1.02. The molecule has 1 unspecified atom stereocenters. The maximum Gasteiger partial charge on any atom is 0.118 e. The second-order valence-electron chi connectivity index (χ2n) is 2.75. The maximum atomic E-state index is 12.0. The van der Waals surface area contributed by atoms with Gasteiger partial charge in [-0.2, -0.15) is 0 Å². The van der Waals surface area contributed by atoms with Crippen LogP contribution < -0.4 is 5.73 Å². The average molecular weight is 169 g/mol. The lowest BCUT2D eigenvalue weighted by Gasteiger charge is -2.07. The van der Waals surface area contributed by atoms with E-state index >= 15 is 0 Å². The first kappa shape index (κ1) is 9.00. The van der Waals surface area contributed by atoms with E-state index in [9.17, 15) is 9.50 Å². The first-order valence-corrected chi connectivity index (χ1v) is 3.82. The van der Waals surface area contributed by atoms with Crippen molar-refractivity contribution in [3.63, 3.8) is 0 Å². The molecule has 0 aliphatic carbocycles. The monoisotopic (exact) mass is 169 g/mol. The lowest BCUT2D eigenvalue weighted by atomic mass is 10.1. The zero-order valence-electron chi connectivity index (χ0n) is 6.70. The zero-order valence-corrected chi connectivity index (χ0v) is 6.70. The van der Waals surface area contributed by atoms with Crippen molar-refractivity contribution in [1.29, 1.82) is 0 Å². The molecule has 0 amide bonds. The van der Waals surface area contributed by atoms with Crippen molar-refractivity contribution in [2.24, 2.45) is 5.73 Å². The van der Waals surface area contributed by atoms with Crippen molar-refractivity contribution in [2.45, 2.75) is 12.5 Å². The number of rotatable bonds is 3. The minimum absolute atomic E-state index is 0.182. The van der Waals surface area contributed by atoms with Gasteiger partial charge in [-0.25, -0.2) is 4.39 Å². The third-order valence-corrected chi connectivity index (χ3v) is 1.67. The van der Waals surface area contributed by atoms with E-state index in [1.807, 2.05) is 0 Å². The number of phenolic OH excluding ortho intramolecular Hbond substituents is 1. The molecule has 0 radical (unpaired) electrons. The van der Waals surface area contributed by atoms with E-state index in [0.29, 0.717) is 12.0 Å². The van der Waals surface area contributed by atoms with Crippen LogP contribution in [0.1, 0.15) is 5.56 Å². The van der Waals surface area contributed by atoms with Crippen LogP contribution in [0.25, 0.3) is 0 Å². The first-order chi connectivity index (χ1) is 5.74. The van der Waals surface area contributed by atoms with Crippen molar-refractivity contribution in [1.82, 2.24) is 0 Å². The Balaban J connectivity index is 2.69. The van der Waals surface area contributed by atoms with Crippen LogP contribution in [-0.2, 0) is 6.42 Å². The Bertz CT molecular complexity index is 252. The van der Waals surface area contributed by atoms with Crippen LogP contribution in [0.15, 0.2) is 24.3 Å². The summed E-state index contributed by atoms with van der Waals surface area (Å²) in [5.41, 5.74) is 6.08. The fourth-order valence-electron chi connectivity index (χ4n) is 1.02. The van der Waals surface area contributed by atoms with Crippen LogP contribution in [-0.4, -0.2) is 17.8 Å². The minimum Gasteiger partial charge on any atom is -0.508 e. The Hall–Kier alpha value is -1.09. The summed E-state index contributed by atoms with van der Waals surface area (Å²) >= 11 is 0. The lowest BCUT2D eigenvalue weighted by Crippen LogP contribution is -2.24. The van der Waals surface area contributed by atoms with Gasteiger partial charge in [-0.15, -0.1) is 0 Å². The van der Waals surface area contributed by atoms with Gasteiger partial charge in [0, 0.05) is 6.04 Å². The molecule has 12 heavy (non-hydrogen) atoms. The van der Waals surface area contributed by atoms with Gasteiger partial charge < -0.3 is 10.8 Å². The van der Waals surface area contributed by atoms with Crippen molar-refractivity contribution >= 4 is 0 Å². The highest BCUT2D eigenvalue weighted by molar-refractivity contribution is 5.32. The van der Waals surface area contributed by atoms with Gasteiger partial charge in [-0.1, -0.05) is 18.2 Å². The van der Waals surface area contributed by atoms with E-state index in [1.54, 1.807) is 24.3 Å². The number of para-hydroxylation sites is 1. The van der Waals surface area contributed by atoms with E-state index in [1.165, 1.54) is 0 Å². The van der Waals surface area contributed by atoms with Gasteiger partial charge in [0.2, 0.25) is 0 Å². The van der Waals surface area contributed by atoms with Crippen LogP contribution >= 0.6 is 0 Å². The van der Waals surface area contributed by atoms with E-state index in [-0.39, 0.29) is 5.75 Å². The molecule has 0 bridgehead atoms. The fraction of sp³-hybridized carbons (Fsp3) is 0.333. The van der Waals surface area contributed by atoms with E-state index < -0.39 is 12.7 Å². The third kappa shape index (κ3) is 2.20. The Kier molecular flexibility index (Phi) is 3.05. The van der Waals surface area contributed by atoms with Gasteiger partial charge in [0.25, 0.3) is 0 Å². The molecule has 0 aromatic heterocycles.